The highest BCUT2D eigenvalue weighted by molar-refractivity contribution is 6.32. The number of aliphatic imine (C=N–C) groups is 1. The van der Waals surface area contributed by atoms with Crippen LogP contribution in [0, 0.1) is 0 Å². The number of likely N-dealkylation sites (N-methyl/N-ethyl adjacent to an activating group) is 1. The Morgan fingerprint density at radius 3 is 2.56 bits per heavy atom. The Morgan fingerprint density at radius 1 is 1.18 bits per heavy atom. The number of benzene rings is 2. The van der Waals surface area contributed by atoms with Gasteiger partial charge in [0.05, 0.1) is 23.5 Å². The molecular formula is C23H20ClN5O5. The third-order valence-electron chi connectivity index (χ3n) is 5.97. The lowest BCUT2D eigenvalue weighted by Crippen LogP contribution is -2.65. The number of hydrogen-bond donors (Lipinski definition) is 1. The number of carbonyl (C=O) groups excluding carboxylic acids is 2. The predicted octanol–water partition coefficient (Wildman–Crippen LogP) is 2.51. The van der Waals surface area contributed by atoms with Crippen LogP contribution in [-0.2, 0) is 9.59 Å². The van der Waals surface area contributed by atoms with Crippen molar-refractivity contribution < 1.29 is 24.2 Å². The summed E-state index contributed by atoms with van der Waals surface area (Å²) < 4.78 is 5.27. The Labute approximate surface area is 199 Å². The molecule has 2 atom stereocenters. The number of anilines is 1. The molecule has 34 heavy (non-hydrogen) atoms. The molecule has 0 aromatic heterocycles. The van der Waals surface area contributed by atoms with E-state index in [-0.39, 0.29) is 0 Å². The minimum absolute atomic E-state index is 0.401. The topological polar surface area (TPSA) is 106 Å². The maximum absolute atomic E-state index is 13.3. The van der Waals surface area contributed by atoms with Crippen LogP contribution in [0.25, 0.3) is 5.70 Å². The fourth-order valence-electron chi connectivity index (χ4n) is 4.38. The van der Waals surface area contributed by atoms with Crippen LogP contribution in [0.4, 0.5) is 10.5 Å². The number of methoxy groups -OCH3 is 1. The second kappa shape index (κ2) is 8.07. The van der Waals surface area contributed by atoms with Gasteiger partial charge in [-0.3, -0.25) is 24.3 Å². The molecule has 2 aromatic rings. The Balaban J connectivity index is 1.62. The number of carboxylic acid groups (broad SMARTS) is 1. The van der Waals surface area contributed by atoms with Crippen LogP contribution in [0.2, 0.25) is 5.02 Å². The molecule has 1 fully saturated rings. The molecule has 2 unspecified atom stereocenters. The predicted molar refractivity (Wildman–Crippen MR) is 124 cm³/mol. The standard InChI is InChI=1S/C23H20ClN5O5/c1-26-20-19(21(32)28(23(26)33)12-18(30)31)27-11-16(13-6-4-3-5-7-13)29(22(27)25-20)14-8-9-17(34-2)15(24)10-14/h3-11,19-20H,12H2,1-2H3,(H,30,31). The number of ether oxygens (including phenoxy) is 1. The number of carbonyl (C=O) groups is 3. The van der Waals surface area contributed by atoms with Gasteiger partial charge in [0, 0.05) is 18.8 Å². The number of halogens is 1. The second-order valence-electron chi connectivity index (χ2n) is 7.94. The molecule has 10 nitrogen and oxygen atoms in total. The van der Waals surface area contributed by atoms with Crippen molar-refractivity contribution >= 4 is 46.9 Å². The molecule has 0 bridgehead atoms. The Morgan fingerprint density at radius 2 is 1.91 bits per heavy atom. The molecule has 0 radical (unpaired) electrons. The summed E-state index contributed by atoms with van der Waals surface area (Å²) in [5, 5.41) is 9.62. The van der Waals surface area contributed by atoms with Crippen LogP contribution >= 0.6 is 11.6 Å². The highest BCUT2D eigenvalue weighted by Crippen LogP contribution is 2.41. The molecule has 1 N–H and O–H groups in total. The number of amides is 3. The van der Waals surface area contributed by atoms with Gasteiger partial charge in [0.25, 0.3) is 5.91 Å². The number of fused-ring (bicyclic) bond motifs is 3. The number of guanidine groups is 1. The summed E-state index contributed by atoms with van der Waals surface area (Å²) in [6.45, 7) is -0.721. The van der Waals surface area contributed by atoms with E-state index in [2.05, 4.69) is 0 Å². The first-order valence-electron chi connectivity index (χ1n) is 10.4. The second-order valence-corrected chi connectivity index (χ2v) is 8.35. The lowest BCUT2D eigenvalue weighted by molar-refractivity contribution is -0.146. The molecule has 3 aliphatic rings. The molecule has 2 aromatic carbocycles. The van der Waals surface area contributed by atoms with Crippen LogP contribution in [0.15, 0.2) is 59.7 Å². The summed E-state index contributed by atoms with van der Waals surface area (Å²) in [5.41, 5.74) is 2.30. The van der Waals surface area contributed by atoms with E-state index < -0.39 is 36.7 Å². The van der Waals surface area contributed by atoms with Gasteiger partial charge in [-0.25, -0.2) is 9.79 Å². The molecule has 0 aliphatic carbocycles. The average Bonchev–Trinajstić information content (AvgIpc) is 3.37. The van der Waals surface area contributed by atoms with E-state index in [0.29, 0.717) is 22.4 Å². The van der Waals surface area contributed by atoms with Gasteiger partial charge < -0.3 is 14.7 Å². The number of urea groups is 1. The van der Waals surface area contributed by atoms with Gasteiger partial charge in [-0.1, -0.05) is 41.9 Å². The summed E-state index contributed by atoms with van der Waals surface area (Å²) >= 11 is 6.41. The number of hydrogen-bond acceptors (Lipinski definition) is 7. The van der Waals surface area contributed by atoms with Crippen molar-refractivity contribution in [2.24, 2.45) is 4.99 Å². The van der Waals surface area contributed by atoms with Crippen LogP contribution in [0.5, 0.6) is 5.75 Å². The summed E-state index contributed by atoms with van der Waals surface area (Å²) in [5.74, 6) is -0.949. The largest absolute Gasteiger partial charge is 0.495 e. The molecular weight excluding hydrogens is 462 g/mol. The van der Waals surface area contributed by atoms with Gasteiger partial charge in [0.2, 0.25) is 5.96 Å². The molecule has 5 rings (SSSR count). The van der Waals surface area contributed by atoms with E-state index in [4.69, 9.17) is 21.3 Å². The van der Waals surface area contributed by atoms with Crippen molar-refractivity contribution in [1.29, 1.82) is 0 Å². The van der Waals surface area contributed by atoms with Crippen molar-refractivity contribution in [3.05, 3.63) is 65.3 Å². The van der Waals surface area contributed by atoms with Gasteiger partial charge in [-0.2, -0.15) is 0 Å². The number of rotatable bonds is 5. The lowest BCUT2D eigenvalue weighted by Gasteiger charge is -2.39. The monoisotopic (exact) mass is 481 g/mol. The molecule has 3 heterocycles. The van der Waals surface area contributed by atoms with E-state index in [1.54, 1.807) is 23.2 Å². The van der Waals surface area contributed by atoms with E-state index in [1.807, 2.05) is 41.3 Å². The molecule has 0 saturated carbocycles. The zero-order valence-corrected chi connectivity index (χ0v) is 19.0. The molecule has 3 aliphatic heterocycles. The maximum atomic E-state index is 13.3. The van der Waals surface area contributed by atoms with Crippen molar-refractivity contribution in [1.82, 2.24) is 14.7 Å². The molecule has 0 spiro atoms. The van der Waals surface area contributed by atoms with Crippen molar-refractivity contribution in [2.45, 2.75) is 12.2 Å². The highest BCUT2D eigenvalue weighted by atomic mass is 35.5. The van der Waals surface area contributed by atoms with Crippen LogP contribution in [-0.4, -0.2) is 76.6 Å². The van der Waals surface area contributed by atoms with E-state index in [1.165, 1.54) is 19.1 Å². The summed E-state index contributed by atoms with van der Waals surface area (Å²) in [4.78, 5) is 47.6. The summed E-state index contributed by atoms with van der Waals surface area (Å²) in [6.07, 6.45) is 0.988. The highest BCUT2D eigenvalue weighted by Gasteiger charge is 2.55. The smallest absolute Gasteiger partial charge is 0.328 e. The molecule has 3 amide bonds. The fourth-order valence-corrected chi connectivity index (χ4v) is 4.63. The first-order chi connectivity index (χ1) is 16.3. The first-order valence-corrected chi connectivity index (χ1v) is 10.8. The first kappa shape index (κ1) is 21.8. The Hall–Kier alpha value is -4.05. The summed E-state index contributed by atoms with van der Waals surface area (Å²) in [6, 6.07) is 13.3. The van der Waals surface area contributed by atoms with Crippen molar-refractivity contribution in [3.8, 4) is 5.75 Å². The average molecular weight is 482 g/mol. The minimum Gasteiger partial charge on any atom is -0.495 e. The van der Waals surface area contributed by atoms with Crippen LogP contribution in [0.1, 0.15) is 5.56 Å². The number of aliphatic carboxylic acids is 1. The van der Waals surface area contributed by atoms with Crippen LogP contribution < -0.4 is 9.64 Å². The van der Waals surface area contributed by atoms with Crippen LogP contribution in [0.3, 0.4) is 0 Å². The van der Waals surface area contributed by atoms with Gasteiger partial charge in [-0.05, 0) is 18.2 Å². The lowest BCUT2D eigenvalue weighted by atomic mass is 10.1. The number of imide groups is 1. The molecule has 1 saturated heterocycles. The number of nitrogens with zero attached hydrogens (tertiary/aromatic N) is 5. The Bertz CT molecular complexity index is 1260. The normalized spacial score (nSPS) is 21.4. The van der Waals surface area contributed by atoms with Gasteiger partial charge in [0.15, 0.2) is 12.2 Å². The molecule has 11 heteroatoms. The van der Waals surface area contributed by atoms with Gasteiger partial charge >= 0.3 is 12.0 Å². The quantitative estimate of drug-likeness (QED) is 0.699. The third-order valence-corrected chi connectivity index (χ3v) is 6.26. The third kappa shape index (κ3) is 3.26. The fraction of sp³-hybridized carbons (Fsp3) is 0.217. The Kier molecular flexibility index (Phi) is 5.17. The SMILES string of the molecule is COc1ccc(N2C(c3ccccc3)=CN3C2=NC2C3C(=O)N(CC(=O)O)C(=O)N2C)cc1Cl. The molecule has 174 valence electrons. The van der Waals surface area contributed by atoms with E-state index >= 15 is 0 Å². The minimum atomic E-state index is -1.27. The summed E-state index contributed by atoms with van der Waals surface area (Å²) in [7, 11) is 3.03. The van der Waals surface area contributed by atoms with Crippen molar-refractivity contribution in [3.63, 3.8) is 0 Å². The van der Waals surface area contributed by atoms with E-state index in [9.17, 15) is 19.5 Å². The van der Waals surface area contributed by atoms with E-state index in [0.717, 1.165) is 16.2 Å². The number of carboxylic acids is 1. The maximum Gasteiger partial charge on any atom is 0.328 e. The van der Waals surface area contributed by atoms with Gasteiger partial charge in [0.1, 0.15) is 12.3 Å². The zero-order valence-electron chi connectivity index (χ0n) is 18.3. The van der Waals surface area contributed by atoms with Gasteiger partial charge in [-0.15, -0.1) is 0 Å². The van der Waals surface area contributed by atoms with Crippen molar-refractivity contribution in [2.75, 3.05) is 25.6 Å². The zero-order chi connectivity index (χ0) is 24.1.